The lowest BCUT2D eigenvalue weighted by Gasteiger charge is -2.10. The Morgan fingerprint density at radius 3 is 2.77 bits per heavy atom. The predicted octanol–water partition coefficient (Wildman–Crippen LogP) is 2.36. The summed E-state index contributed by atoms with van der Waals surface area (Å²) in [4.78, 5) is 11.5. The molecule has 0 amide bonds. The third-order valence-electron chi connectivity index (χ3n) is 3.19. The number of methoxy groups -OCH3 is 1. The molecule has 0 spiro atoms. The summed E-state index contributed by atoms with van der Waals surface area (Å²) in [6.07, 6.45) is 0. The Kier molecular flexibility index (Phi) is 5.43. The zero-order valence-electron chi connectivity index (χ0n) is 13.1. The van der Waals surface area contributed by atoms with Gasteiger partial charge < -0.3 is 14.0 Å². The number of hydrogen-bond acceptors (Lipinski definition) is 6. The van der Waals surface area contributed by atoms with Gasteiger partial charge in [0, 0.05) is 7.05 Å². The van der Waals surface area contributed by atoms with Crippen LogP contribution >= 0.6 is 11.8 Å². The highest BCUT2D eigenvalue weighted by molar-refractivity contribution is 8.00. The SMILES string of the molecule is COC(=O)C(C)Sc1nnc(COc2ccccc2C)n1C. The maximum Gasteiger partial charge on any atom is 0.318 e. The van der Waals surface area contributed by atoms with E-state index in [0.29, 0.717) is 17.6 Å². The number of thioether (sulfide) groups is 1. The highest BCUT2D eigenvalue weighted by Crippen LogP contribution is 2.23. The van der Waals surface area contributed by atoms with Crippen molar-refractivity contribution < 1.29 is 14.3 Å². The minimum atomic E-state index is -0.335. The van der Waals surface area contributed by atoms with E-state index in [4.69, 9.17) is 9.47 Å². The van der Waals surface area contributed by atoms with Crippen LogP contribution in [0.5, 0.6) is 5.75 Å². The summed E-state index contributed by atoms with van der Waals surface area (Å²) in [5, 5.41) is 8.53. The number of carbonyl (C=O) groups excluding carboxylic acids is 1. The topological polar surface area (TPSA) is 66.2 Å². The van der Waals surface area contributed by atoms with Crippen molar-refractivity contribution in [2.24, 2.45) is 7.05 Å². The van der Waals surface area contributed by atoms with Gasteiger partial charge in [0.2, 0.25) is 0 Å². The van der Waals surface area contributed by atoms with Gasteiger partial charge in [-0.1, -0.05) is 30.0 Å². The number of aromatic nitrogens is 3. The standard InChI is InChI=1S/C15H19N3O3S/c1-10-7-5-6-8-12(10)21-9-13-16-17-15(18(13)3)22-11(2)14(19)20-4/h5-8,11H,9H2,1-4H3. The number of esters is 1. The number of ether oxygens (including phenoxy) is 2. The molecule has 7 heteroatoms. The summed E-state index contributed by atoms with van der Waals surface area (Å²) in [5.74, 6) is 1.23. The molecule has 1 heterocycles. The van der Waals surface area contributed by atoms with E-state index in [2.05, 4.69) is 10.2 Å². The van der Waals surface area contributed by atoms with Crippen LogP contribution in [0.1, 0.15) is 18.3 Å². The quantitative estimate of drug-likeness (QED) is 0.601. The van der Waals surface area contributed by atoms with Gasteiger partial charge in [-0.25, -0.2) is 0 Å². The molecule has 1 atom stereocenters. The van der Waals surface area contributed by atoms with E-state index in [9.17, 15) is 4.79 Å². The van der Waals surface area contributed by atoms with E-state index >= 15 is 0 Å². The first kappa shape index (κ1) is 16.4. The van der Waals surface area contributed by atoms with Crippen LogP contribution in [-0.4, -0.2) is 33.1 Å². The van der Waals surface area contributed by atoms with E-state index < -0.39 is 0 Å². The third-order valence-corrected chi connectivity index (χ3v) is 4.30. The lowest BCUT2D eigenvalue weighted by Crippen LogP contribution is -2.15. The zero-order chi connectivity index (χ0) is 16.1. The van der Waals surface area contributed by atoms with E-state index in [1.54, 1.807) is 6.92 Å². The van der Waals surface area contributed by atoms with Crippen molar-refractivity contribution in [3.8, 4) is 5.75 Å². The molecule has 0 saturated heterocycles. The van der Waals surface area contributed by atoms with Gasteiger partial charge in [0.15, 0.2) is 11.0 Å². The third kappa shape index (κ3) is 3.79. The van der Waals surface area contributed by atoms with Crippen molar-refractivity contribution in [2.45, 2.75) is 30.9 Å². The number of benzene rings is 1. The highest BCUT2D eigenvalue weighted by atomic mass is 32.2. The normalized spacial score (nSPS) is 12.0. The molecular weight excluding hydrogens is 302 g/mol. The van der Waals surface area contributed by atoms with Gasteiger partial charge in [-0.05, 0) is 25.5 Å². The Bertz CT molecular complexity index is 657. The molecule has 1 aromatic heterocycles. The van der Waals surface area contributed by atoms with Crippen molar-refractivity contribution in [1.29, 1.82) is 0 Å². The Morgan fingerprint density at radius 2 is 2.09 bits per heavy atom. The molecule has 1 unspecified atom stereocenters. The number of nitrogens with zero attached hydrogens (tertiary/aromatic N) is 3. The van der Waals surface area contributed by atoms with Gasteiger partial charge in [0.05, 0.1) is 7.11 Å². The number of hydrogen-bond donors (Lipinski definition) is 0. The average molecular weight is 321 g/mol. The van der Waals surface area contributed by atoms with Crippen LogP contribution in [0.3, 0.4) is 0 Å². The summed E-state index contributed by atoms with van der Waals surface area (Å²) in [7, 11) is 3.22. The van der Waals surface area contributed by atoms with Crippen molar-refractivity contribution in [3.63, 3.8) is 0 Å². The predicted molar refractivity (Wildman–Crippen MR) is 83.8 cm³/mol. The molecule has 0 aliphatic heterocycles. The summed E-state index contributed by atoms with van der Waals surface area (Å²) < 4.78 is 12.3. The van der Waals surface area contributed by atoms with Crippen molar-refractivity contribution in [3.05, 3.63) is 35.7 Å². The number of carbonyl (C=O) groups is 1. The maximum absolute atomic E-state index is 11.5. The number of para-hydroxylation sites is 1. The summed E-state index contributed by atoms with van der Waals surface area (Å²) in [6, 6.07) is 7.80. The fourth-order valence-electron chi connectivity index (χ4n) is 1.81. The first-order valence-electron chi connectivity index (χ1n) is 6.84. The lowest BCUT2D eigenvalue weighted by atomic mass is 10.2. The number of rotatable bonds is 6. The van der Waals surface area contributed by atoms with Crippen LogP contribution in [0.2, 0.25) is 0 Å². The van der Waals surface area contributed by atoms with E-state index in [1.165, 1.54) is 18.9 Å². The fourth-order valence-corrected chi connectivity index (χ4v) is 2.67. The molecule has 2 rings (SSSR count). The Morgan fingerprint density at radius 1 is 1.36 bits per heavy atom. The van der Waals surface area contributed by atoms with Crippen LogP contribution in [0.4, 0.5) is 0 Å². The molecule has 6 nitrogen and oxygen atoms in total. The Hall–Kier alpha value is -2.02. The van der Waals surface area contributed by atoms with Crippen LogP contribution in [0, 0.1) is 6.92 Å². The molecule has 0 N–H and O–H groups in total. The first-order valence-corrected chi connectivity index (χ1v) is 7.72. The molecule has 0 aliphatic rings. The van der Waals surface area contributed by atoms with Crippen LogP contribution in [0.15, 0.2) is 29.4 Å². The van der Waals surface area contributed by atoms with Gasteiger partial charge in [-0.3, -0.25) is 4.79 Å². The van der Waals surface area contributed by atoms with Crippen molar-refractivity contribution in [1.82, 2.24) is 14.8 Å². The highest BCUT2D eigenvalue weighted by Gasteiger charge is 2.19. The van der Waals surface area contributed by atoms with Crippen LogP contribution in [-0.2, 0) is 23.2 Å². The maximum atomic E-state index is 11.5. The molecular formula is C15H19N3O3S. The van der Waals surface area contributed by atoms with E-state index in [-0.39, 0.29) is 11.2 Å². The van der Waals surface area contributed by atoms with Crippen LogP contribution in [0.25, 0.3) is 0 Å². The van der Waals surface area contributed by atoms with Gasteiger partial charge in [0.1, 0.15) is 17.6 Å². The second-order valence-corrected chi connectivity index (χ2v) is 6.10. The molecule has 0 radical (unpaired) electrons. The fraction of sp³-hybridized carbons (Fsp3) is 0.400. The minimum Gasteiger partial charge on any atom is -0.485 e. The summed E-state index contributed by atoms with van der Waals surface area (Å²) in [5.41, 5.74) is 1.07. The summed E-state index contributed by atoms with van der Waals surface area (Å²) >= 11 is 1.31. The van der Waals surface area contributed by atoms with Gasteiger partial charge >= 0.3 is 5.97 Å². The molecule has 1 aromatic carbocycles. The van der Waals surface area contributed by atoms with Crippen molar-refractivity contribution in [2.75, 3.05) is 7.11 Å². The zero-order valence-corrected chi connectivity index (χ0v) is 13.9. The molecule has 22 heavy (non-hydrogen) atoms. The van der Waals surface area contributed by atoms with Gasteiger partial charge in [-0.15, -0.1) is 10.2 Å². The van der Waals surface area contributed by atoms with Gasteiger partial charge in [0.25, 0.3) is 0 Å². The molecule has 118 valence electrons. The largest absolute Gasteiger partial charge is 0.485 e. The van der Waals surface area contributed by atoms with Gasteiger partial charge in [-0.2, -0.15) is 0 Å². The smallest absolute Gasteiger partial charge is 0.318 e. The monoisotopic (exact) mass is 321 g/mol. The second kappa shape index (κ2) is 7.31. The Balaban J connectivity index is 2.02. The lowest BCUT2D eigenvalue weighted by molar-refractivity contribution is -0.139. The molecule has 0 aliphatic carbocycles. The average Bonchev–Trinajstić information content (AvgIpc) is 2.86. The van der Waals surface area contributed by atoms with Crippen LogP contribution < -0.4 is 4.74 Å². The Labute approximate surface area is 133 Å². The minimum absolute atomic E-state index is 0.286. The molecule has 2 aromatic rings. The summed E-state index contributed by atoms with van der Waals surface area (Å²) in [6.45, 7) is 4.08. The van der Waals surface area contributed by atoms with E-state index in [1.807, 2.05) is 42.8 Å². The molecule has 0 bridgehead atoms. The van der Waals surface area contributed by atoms with Crippen molar-refractivity contribution >= 4 is 17.7 Å². The molecule has 0 fully saturated rings. The molecule has 0 saturated carbocycles. The second-order valence-electron chi connectivity index (χ2n) is 4.80. The first-order chi connectivity index (χ1) is 10.5. The van der Waals surface area contributed by atoms with E-state index in [0.717, 1.165) is 11.3 Å². The number of aryl methyl sites for hydroxylation is 1.